The number of hydrogen-bond acceptors (Lipinski definition) is 5. The fraction of sp³-hybridized carbons (Fsp3) is 0.800. The molecule has 5 nitrogen and oxygen atoms in total. The van der Waals surface area contributed by atoms with Crippen molar-refractivity contribution in [1.29, 1.82) is 0 Å². The zero-order chi connectivity index (χ0) is 11.7. The maximum Gasteiger partial charge on any atom is 0.307 e. The van der Waals surface area contributed by atoms with E-state index in [1.165, 1.54) is 6.92 Å². The predicted molar refractivity (Wildman–Crippen MR) is 55.6 cm³/mol. The quantitative estimate of drug-likeness (QED) is 0.462. The molecule has 0 aliphatic rings. The number of rotatable bonds is 8. The zero-order valence-corrected chi connectivity index (χ0v) is 9.54. The largest absolute Gasteiger partial charge is 0.466 e. The van der Waals surface area contributed by atoms with Crippen LogP contribution in [0.15, 0.2) is 0 Å². The van der Waals surface area contributed by atoms with Gasteiger partial charge in [0.15, 0.2) is 0 Å². The minimum absolute atomic E-state index is 0.0702. The first kappa shape index (κ1) is 14.1. The van der Waals surface area contributed by atoms with Crippen LogP contribution in [0.2, 0.25) is 0 Å². The summed E-state index contributed by atoms with van der Waals surface area (Å²) in [5.41, 5.74) is 0. The minimum atomic E-state index is -0.473. The molecule has 0 aliphatic heterocycles. The molecule has 0 aromatic heterocycles. The van der Waals surface area contributed by atoms with Gasteiger partial charge in [0.05, 0.1) is 25.7 Å². The maximum absolute atomic E-state index is 11.2. The normalized spacial score (nSPS) is 12.2. The number of ketones is 1. The van der Waals surface area contributed by atoms with E-state index < -0.39 is 6.04 Å². The molecule has 0 radical (unpaired) electrons. The van der Waals surface area contributed by atoms with Gasteiger partial charge in [-0.05, 0) is 13.8 Å². The van der Waals surface area contributed by atoms with Gasteiger partial charge in [-0.3, -0.25) is 9.59 Å². The first-order valence-corrected chi connectivity index (χ1v) is 5.00. The lowest BCUT2D eigenvalue weighted by Crippen LogP contribution is -2.39. The van der Waals surface area contributed by atoms with Crippen molar-refractivity contribution in [3.63, 3.8) is 0 Å². The molecule has 0 bridgehead atoms. The topological polar surface area (TPSA) is 64.6 Å². The third kappa shape index (κ3) is 7.04. The smallest absolute Gasteiger partial charge is 0.307 e. The SMILES string of the molecule is CCOC(=O)CC(NCCOC)C(C)=O. The Morgan fingerprint density at radius 3 is 2.53 bits per heavy atom. The van der Waals surface area contributed by atoms with E-state index in [4.69, 9.17) is 9.47 Å². The van der Waals surface area contributed by atoms with Crippen LogP contribution in [-0.2, 0) is 19.1 Å². The van der Waals surface area contributed by atoms with E-state index in [0.29, 0.717) is 19.8 Å². The highest BCUT2D eigenvalue weighted by Gasteiger charge is 2.18. The lowest BCUT2D eigenvalue weighted by Gasteiger charge is -2.14. The van der Waals surface area contributed by atoms with Crippen LogP contribution in [0.5, 0.6) is 0 Å². The summed E-state index contributed by atoms with van der Waals surface area (Å²) >= 11 is 0. The molecule has 0 rings (SSSR count). The van der Waals surface area contributed by atoms with Gasteiger partial charge in [0.1, 0.15) is 5.78 Å². The van der Waals surface area contributed by atoms with Gasteiger partial charge in [-0.2, -0.15) is 0 Å². The van der Waals surface area contributed by atoms with Crippen molar-refractivity contribution >= 4 is 11.8 Å². The summed E-state index contributed by atoms with van der Waals surface area (Å²) in [5.74, 6) is -0.429. The summed E-state index contributed by atoms with van der Waals surface area (Å²) in [7, 11) is 1.58. The van der Waals surface area contributed by atoms with E-state index in [-0.39, 0.29) is 18.2 Å². The van der Waals surface area contributed by atoms with Crippen LogP contribution in [0.1, 0.15) is 20.3 Å². The Kier molecular flexibility index (Phi) is 7.85. The van der Waals surface area contributed by atoms with Crippen molar-refractivity contribution in [2.24, 2.45) is 0 Å². The molecule has 5 heteroatoms. The van der Waals surface area contributed by atoms with E-state index in [1.54, 1.807) is 14.0 Å². The van der Waals surface area contributed by atoms with Crippen molar-refractivity contribution in [3.05, 3.63) is 0 Å². The molecular formula is C10H19NO4. The Hall–Kier alpha value is -0.940. The second-order valence-corrected chi connectivity index (χ2v) is 3.12. The van der Waals surface area contributed by atoms with Crippen LogP contribution in [0.25, 0.3) is 0 Å². The van der Waals surface area contributed by atoms with E-state index in [1.807, 2.05) is 0 Å². The fourth-order valence-corrected chi connectivity index (χ4v) is 1.08. The van der Waals surface area contributed by atoms with E-state index in [9.17, 15) is 9.59 Å². The highest BCUT2D eigenvalue weighted by atomic mass is 16.5. The van der Waals surface area contributed by atoms with E-state index >= 15 is 0 Å². The second kappa shape index (κ2) is 8.38. The van der Waals surface area contributed by atoms with E-state index in [2.05, 4.69) is 5.32 Å². The van der Waals surface area contributed by atoms with Gasteiger partial charge in [0, 0.05) is 13.7 Å². The van der Waals surface area contributed by atoms with Gasteiger partial charge in [-0.25, -0.2) is 0 Å². The van der Waals surface area contributed by atoms with Gasteiger partial charge in [0.25, 0.3) is 0 Å². The Morgan fingerprint density at radius 1 is 1.40 bits per heavy atom. The Balaban J connectivity index is 3.93. The third-order valence-electron chi connectivity index (χ3n) is 1.86. The lowest BCUT2D eigenvalue weighted by atomic mass is 10.1. The summed E-state index contributed by atoms with van der Waals surface area (Å²) in [6.45, 7) is 4.57. The molecule has 1 N–H and O–H groups in total. The Bertz CT molecular complexity index is 206. The molecule has 0 spiro atoms. The Morgan fingerprint density at radius 2 is 2.07 bits per heavy atom. The summed E-state index contributed by atoms with van der Waals surface area (Å²) < 4.78 is 9.60. The average Bonchev–Trinajstić information content (AvgIpc) is 2.16. The van der Waals surface area contributed by atoms with Crippen LogP contribution < -0.4 is 5.32 Å². The van der Waals surface area contributed by atoms with Crippen LogP contribution in [0, 0.1) is 0 Å². The third-order valence-corrected chi connectivity index (χ3v) is 1.86. The number of nitrogens with one attached hydrogen (secondary N) is 1. The van der Waals surface area contributed by atoms with Crippen molar-refractivity contribution in [2.45, 2.75) is 26.3 Å². The highest BCUT2D eigenvalue weighted by molar-refractivity contribution is 5.86. The van der Waals surface area contributed by atoms with Crippen LogP contribution >= 0.6 is 0 Å². The van der Waals surface area contributed by atoms with Gasteiger partial charge in [-0.15, -0.1) is 0 Å². The van der Waals surface area contributed by atoms with Gasteiger partial charge in [0.2, 0.25) is 0 Å². The molecule has 0 amide bonds. The number of esters is 1. The number of Topliss-reactive ketones (excluding diaryl/α,β-unsaturated/α-hetero) is 1. The second-order valence-electron chi connectivity index (χ2n) is 3.12. The molecule has 1 unspecified atom stereocenters. The summed E-state index contributed by atoms with van der Waals surface area (Å²) in [6.07, 6.45) is 0.0763. The number of hydrogen-bond donors (Lipinski definition) is 1. The molecule has 0 aromatic carbocycles. The minimum Gasteiger partial charge on any atom is -0.466 e. The standard InChI is InChI=1S/C10H19NO4/c1-4-15-10(13)7-9(8(2)12)11-5-6-14-3/h9,11H,4-7H2,1-3H3. The van der Waals surface area contributed by atoms with Crippen LogP contribution in [0.3, 0.4) is 0 Å². The number of carbonyl (C=O) groups excluding carboxylic acids is 2. The van der Waals surface area contributed by atoms with Crippen LogP contribution in [0.4, 0.5) is 0 Å². The summed E-state index contributed by atoms with van der Waals surface area (Å²) in [5, 5.41) is 2.93. The summed E-state index contributed by atoms with van der Waals surface area (Å²) in [6, 6.07) is -0.473. The maximum atomic E-state index is 11.2. The van der Waals surface area contributed by atoms with Gasteiger partial charge >= 0.3 is 5.97 Å². The summed E-state index contributed by atoms with van der Waals surface area (Å²) in [4.78, 5) is 22.3. The fourth-order valence-electron chi connectivity index (χ4n) is 1.08. The molecule has 15 heavy (non-hydrogen) atoms. The average molecular weight is 217 g/mol. The molecule has 1 atom stereocenters. The number of carbonyl (C=O) groups is 2. The molecule has 0 saturated heterocycles. The highest BCUT2D eigenvalue weighted by Crippen LogP contribution is 1.96. The first-order chi connectivity index (χ1) is 7.11. The number of ether oxygens (including phenoxy) is 2. The van der Waals surface area contributed by atoms with Gasteiger partial charge in [-0.1, -0.05) is 0 Å². The van der Waals surface area contributed by atoms with Crippen LogP contribution in [-0.4, -0.2) is 44.7 Å². The van der Waals surface area contributed by atoms with Crippen molar-refractivity contribution in [3.8, 4) is 0 Å². The molecule has 0 saturated carbocycles. The van der Waals surface area contributed by atoms with Crippen molar-refractivity contribution in [1.82, 2.24) is 5.32 Å². The number of methoxy groups -OCH3 is 1. The predicted octanol–water partition coefficient (Wildman–Crippen LogP) is 0.133. The first-order valence-electron chi connectivity index (χ1n) is 5.00. The molecule has 88 valence electrons. The van der Waals surface area contributed by atoms with Crippen molar-refractivity contribution in [2.75, 3.05) is 26.9 Å². The Labute approximate surface area is 90.1 Å². The lowest BCUT2D eigenvalue weighted by molar-refractivity contribution is -0.145. The monoisotopic (exact) mass is 217 g/mol. The molecule has 0 aliphatic carbocycles. The molecule has 0 heterocycles. The van der Waals surface area contributed by atoms with E-state index in [0.717, 1.165) is 0 Å². The van der Waals surface area contributed by atoms with Gasteiger partial charge < -0.3 is 14.8 Å². The molecule has 0 fully saturated rings. The molecule has 0 aromatic rings. The molecular weight excluding hydrogens is 198 g/mol. The zero-order valence-electron chi connectivity index (χ0n) is 9.54. The van der Waals surface area contributed by atoms with Crippen molar-refractivity contribution < 1.29 is 19.1 Å².